The number of fused-ring (bicyclic) bond motifs is 1. The second-order valence-electron chi connectivity index (χ2n) is 5.03. The second kappa shape index (κ2) is 5.34. The summed E-state index contributed by atoms with van der Waals surface area (Å²) >= 11 is 24.8. The number of halogens is 5. The van der Waals surface area contributed by atoms with E-state index in [0.717, 1.165) is 0 Å². The Morgan fingerprint density at radius 1 is 1.45 bits per heavy atom. The fourth-order valence-electron chi connectivity index (χ4n) is 2.19. The van der Waals surface area contributed by atoms with Crippen LogP contribution >= 0.6 is 78.4 Å². The van der Waals surface area contributed by atoms with E-state index >= 15 is 0 Å². The maximum atomic E-state index is 12.2. The molecule has 2 rings (SSSR count). The van der Waals surface area contributed by atoms with E-state index in [-0.39, 0.29) is 17.9 Å². The first-order chi connectivity index (χ1) is 8.88. The molecule has 0 radical (unpaired) electrons. The van der Waals surface area contributed by atoms with Crippen LogP contribution in [0.15, 0.2) is 0 Å². The summed E-state index contributed by atoms with van der Waals surface area (Å²) < 4.78 is 2.04. The van der Waals surface area contributed by atoms with E-state index in [2.05, 4.69) is 31.9 Å². The highest BCUT2D eigenvalue weighted by molar-refractivity contribution is 9.26. The molecule has 2 saturated heterocycles. The van der Waals surface area contributed by atoms with Crippen molar-refractivity contribution in [2.75, 3.05) is 6.61 Å². The number of carbonyl (C=O) groups is 2. The molecule has 0 aromatic carbocycles. The Labute approximate surface area is 152 Å². The molecule has 0 saturated carbocycles. The number of hydrogen-bond donors (Lipinski definition) is 0. The summed E-state index contributed by atoms with van der Waals surface area (Å²) in [4.78, 5) is 25.8. The van der Waals surface area contributed by atoms with Gasteiger partial charge in [-0.05, 0) is 13.8 Å². The van der Waals surface area contributed by atoms with Crippen molar-refractivity contribution in [3.05, 3.63) is 0 Å². The van der Waals surface area contributed by atoms with Gasteiger partial charge in [0.05, 0.1) is 0 Å². The molecular weight excluding hydrogens is 480 g/mol. The summed E-state index contributed by atoms with van der Waals surface area (Å²) in [6.07, 6.45) is 0. The van der Waals surface area contributed by atoms with Crippen LogP contribution in [0.5, 0.6) is 0 Å². The molecular formula is C10H10Br2Cl3NO3S. The molecule has 4 nitrogen and oxygen atoms in total. The highest BCUT2D eigenvalue weighted by atomic mass is 79.9. The van der Waals surface area contributed by atoms with Crippen molar-refractivity contribution in [2.24, 2.45) is 0 Å². The van der Waals surface area contributed by atoms with Crippen molar-refractivity contribution in [2.45, 2.75) is 37.0 Å². The van der Waals surface area contributed by atoms with Crippen LogP contribution in [0.25, 0.3) is 0 Å². The lowest BCUT2D eigenvalue weighted by molar-refractivity contribution is -0.161. The predicted molar refractivity (Wildman–Crippen MR) is 87.9 cm³/mol. The van der Waals surface area contributed by atoms with Crippen molar-refractivity contribution >= 4 is 90.3 Å². The minimum Gasteiger partial charge on any atom is -0.460 e. The van der Waals surface area contributed by atoms with Gasteiger partial charge in [-0.3, -0.25) is 4.79 Å². The maximum Gasteiger partial charge on any atom is 0.330 e. The third-order valence-electron chi connectivity index (χ3n) is 3.04. The number of esters is 1. The third-order valence-corrected chi connectivity index (χ3v) is 7.15. The summed E-state index contributed by atoms with van der Waals surface area (Å²) in [7, 11) is 0. The zero-order valence-corrected chi connectivity index (χ0v) is 16.6. The molecule has 0 aromatic rings. The van der Waals surface area contributed by atoms with Gasteiger partial charge in [0.1, 0.15) is 18.0 Å². The highest BCUT2D eigenvalue weighted by Gasteiger charge is 2.70. The molecule has 20 heavy (non-hydrogen) atoms. The van der Waals surface area contributed by atoms with Crippen molar-refractivity contribution in [3.8, 4) is 0 Å². The highest BCUT2D eigenvalue weighted by Crippen LogP contribution is 2.60. The van der Waals surface area contributed by atoms with Crippen LogP contribution in [0.1, 0.15) is 13.8 Å². The Balaban J connectivity index is 2.15. The Morgan fingerprint density at radius 3 is 2.50 bits per heavy atom. The van der Waals surface area contributed by atoms with Gasteiger partial charge in [-0.2, -0.15) is 0 Å². The molecule has 2 heterocycles. The molecule has 0 spiro atoms. The van der Waals surface area contributed by atoms with E-state index in [9.17, 15) is 9.59 Å². The van der Waals surface area contributed by atoms with Crippen molar-refractivity contribution in [3.63, 3.8) is 0 Å². The number of hydrogen-bond acceptors (Lipinski definition) is 4. The van der Waals surface area contributed by atoms with Gasteiger partial charge in [0.15, 0.2) is 3.23 Å². The Kier molecular flexibility index (Phi) is 4.66. The van der Waals surface area contributed by atoms with Crippen LogP contribution in [-0.4, -0.2) is 46.6 Å². The molecule has 0 unspecified atom stereocenters. The van der Waals surface area contributed by atoms with Crippen LogP contribution in [0.2, 0.25) is 0 Å². The molecule has 2 fully saturated rings. The lowest BCUT2D eigenvalue weighted by atomic mass is 9.98. The number of rotatable bonds is 2. The average Bonchev–Trinajstić information content (AvgIpc) is 2.55. The van der Waals surface area contributed by atoms with Gasteiger partial charge in [-0.25, -0.2) is 4.79 Å². The van der Waals surface area contributed by atoms with E-state index in [0.29, 0.717) is 0 Å². The normalized spacial score (nSPS) is 30.8. The van der Waals surface area contributed by atoms with Crippen molar-refractivity contribution < 1.29 is 14.3 Å². The quantitative estimate of drug-likeness (QED) is 0.338. The number of amides is 1. The lowest BCUT2D eigenvalue weighted by Gasteiger charge is -2.46. The summed E-state index contributed by atoms with van der Waals surface area (Å²) in [5.41, 5.74) is 0. The van der Waals surface area contributed by atoms with Gasteiger partial charge >= 0.3 is 5.97 Å². The fourth-order valence-corrected chi connectivity index (χ4v) is 5.26. The Bertz CT molecular complexity index is 469. The molecule has 114 valence electrons. The summed E-state index contributed by atoms with van der Waals surface area (Å²) in [5.74, 6) is -0.781. The molecule has 2 atom stereocenters. The minimum absolute atomic E-state index is 0.185. The molecule has 1 amide bonds. The van der Waals surface area contributed by atoms with Crippen LogP contribution < -0.4 is 0 Å². The fraction of sp³-hybridized carbons (Fsp3) is 0.800. The largest absolute Gasteiger partial charge is 0.460 e. The van der Waals surface area contributed by atoms with E-state index in [1.54, 1.807) is 0 Å². The maximum absolute atomic E-state index is 12.2. The molecule has 10 heteroatoms. The third kappa shape index (κ3) is 2.95. The molecule has 0 aliphatic carbocycles. The Hall–Kier alpha value is 1.12. The van der Waals surface area contributed by atoms with Gasteiger partial charge < -0.3 is 9.64 Å². The van der Waals surface area contributed by atoms with Crippen LogP contribution in [0, 0.1) is 0 Å². The van der Waals surface area contributed by atoms with Crippen LogP contribution in [-0.2, 0) is 14.3 Å². The smallest absolute Gasteiger partial charge is 0.330 e. The summed E-state index contributed by atoms with van der Waals surface area (Å²) in [6.45, 7) is 3.40. The van der Waals surface area contributed by atoms with Crippen LogP contribution in [0.3, 0.4) is 0 Å². The van der Waals surface area contributed by atoms with Crippen molar-refractivity contribution in [1.29, 1.82) is 0 Å². The lowest BCUT2D eigenvalue weighted by Crippen LogP contribution is -2.68. The van der Waals surface area contributed by atoms with Gasteiger partial charge in [0.25, 0.3) is 5.91 Å². The predicted octanol–water partition coefficient (Wildman–Crippen LogP) is 3.45. The van der Waals surface area contributed by atoms with Crippen molar-refractivity contribution in [1.82, 2.24) is 4.90 Å². The summed E-state index contributed by atoms with van der Waals surface area (Å²) in [6, 6.07) is -0.708. The van der Waals surface area contributed by atoms with E-state index in [1.165, 1.54) is 16.7 Å². The topological polar surface area (TPSA) is 46.6 Å². The van der Waals surface area contributed by atoms with Gasteiger partial charge in [0, 0.05) is 4.75 Å². The van der Waals surface area contributed by atoms with Gasteiger partial charge in [0.2, 0.25) is 3.79 Å². The first-order valence-electron chi connectivity index (χ1n) is 5.50. The average molecular weight is 490 g/mol. The SMILES string of the molecule is CC1(C)S[C@H]2N(C(=O)C2(Br)Br)[C@H]1C(=O)OCC(Cl)(Cl)Cl. The van der Waals surface area contributed by atoms with E-state index in [1.807, 2.05) is 13.8 Å². The monoisotopic (exact) mass is 487 g/mol. The first-order valence-corrected chi connectivity index (χ1v) is 9.09. The van der Waals surface area contributed by atoms with Gasteiger partial charge in [-0.1, -0.05) is 66.7 Å². The number of thioether (sulfide) groups is 1. The van der Waals surface area contributed by atoms with E-state index in [4.69, 9.17) is 39.5 Å². The molecule has 0 N–H and O–H groups in total. The first kappa shape index (κ1) is 17.5. The summed E-state index contributed by atoms with van der Waals surface area (Å²) in [5, 5.41) is -0.185. The molecule has 2 aliphatic heterocycles. The zero-order chi connectivity index (χ0) is 15.5. The number of alkyl halides is 5. The van der Waals surface area contributed by atoms with E-state index < -0.39 is 23.8 Å². The number of β-lactam (4-membered cyclic amide) rings is 1. The van der Waals surface area contributed by atoms with Crippen LogP contribution in [0.4, 0.5) is 0 Å². The number of nitrogens with zero attached hydrogens (tertiary/aromatic N) is 1. The number of ether oxygens (including phenoxy) is 1. The standard InChI is InChI=1S/C10H10Br2Cl3NO3S/c1-8(2)4(5(17)19-3-9(13,14)15)16-6(18)10(11,12)7(16)20-8/h4,7H,3H2,1-2H3/t4-,7+/m0/s1. The minimum atomic E-state index is -1.67. The van der Waals surface area contributed by atoms with Gasteiger partial charge in [-0.15, -0.1) is 11.8 Å². The number of carbonyl (C=O) groups excluding carboxylic acids is 2. The zero-order valence-electron chi connectivity index (χ0n) is 10.3. The molecule has 0 aromatic heterocycles. The molecule has 0 bridgehead atoms. The Morgan fingerprint density at radius 2 is 2.00 bits per heavy atom. The molecule has 2 aliphatic rings. The second-order valence-corrected chi connectivity index (χ2v) is 12.9.